The number of likely N-dealkylation sites (tertiary alicyclic amines) is 1. The summed E-state index contributed by atoms with van der Waals surface area (Å²) in [6, 6.07) is 0.312. The molecule has 7 heteroatoms. The van der Waals surface area contributed by atoms with Crippen LogP contribution in [0.25, 0.3) is 0 Å². The highest BCUT2D eigenvalue weighted by molar-refractivity contribution is 7.89. The molecule has 2 rings (SSSR count). The maximum absolute atomic E-state index is 12.8. The first-order chi connectivity index (χ1) is 10.4. The van der Waals surface area contributed by atoms with E-state index in [1.807, 2.05) is 20.9 Å². The van der Waals surface area contributed by atoms with Crippen molar-refractivity contribution < 1.29 is 8.42 Å². The van der Waals surface area contributed by atoms with Crippen molar-refractivity contribution in [2.75, 3.05) is 19.6 Å². The number of rotatable bonds is 7. The van der Waals surface area contributed by atoms with Crippen LogP contribution in [0.2, 0.25) is 0 Å². The van der Waals surface area contributed by atoms with Crippen molar-refractivity contribution >= 4 is 10.0 Å². The molecule has 0 radical (unpaired) electrons. The molecule has 1 fully saturated rings. The Kier molecular flexibility index (Phi) is 5.63. The summed E-state index contributed by atoms with van der Waals surface area (Å²) in [5, 5.41) is 4.36. The standard InChI is InChI=1S/C15H28N4O2S/c1-5-13-15(14(6-2)18(4)17-13)22(20,21)16-11-12-9-8-10-19(12)7-3/h12,16H,5-11H2,1-4H3. The van der Waals surface area contributed by atoms with Crippen molar-refractivity contribution in [2.24, 2.45) is 7.05 Å². The summed E-state index contributed by atoms with van der Waals surface area (Å²) in [6.07, 6.45) is 3.48. The van der Waals surface area contributed by atoms with Gasteiger partial charge in [-0.25, -0.2) is 13.1 Å². The SMILES string of the molecule is CCc1nn(C)c(CC)c1S(=O)(=O)NCC1CCCN1CC. The van der Waals surface area contributed by atoms with E-state index in [0.717, 1.165) is 31.6 Å². The predicted molar refractivity (Wildman–Crippen MR) is 87.4 cm³/mol. The minimum absolute atomic E-state index is 0.312. The minimum atomic E-state index is -3.50. The average molecular weight is 328 g/mol. The first-order valence-corrected chi connectivity index (χ1v) is 9.71. The summed E-state index contributed by atoms with van der Waals surface area (Å²) in [5.41, 5.74) is 1.44. The van der Waals surface area contributed by atoms with Crippen molar-refractivity contribution in [2.45, 2.75) is 57.4 Å². The summed E-state index contributed by atoms with van der Waals surface area (Å²) in [6.45, 7) is 8.55. The van der Waals surface area contributed by atoms with Crippen LogP contribution in [0.5, 0.6) is 0 Å². The molecule has 1 aliphatic heterocycles. The second kappa shape index (κ2) is 7.10. The molecule has 0 amide bonds. The molecule has 0 bridgehead atoms. The topological polar surface area (TPSA) is 67.2 Å². The molecule has 0 spiro atoms. The van der Waals surface area contributed by atoms with E-state index in [2.05, 4.69) is 21.6 Å². The fourth-order valence-electron chi connectivity index (χ4n) is 3.35. The molecule has 1 atom stereocenters. The van der Waals surface area contributed by atoms with Gasteiger partial charge in [-0.1, -0.05) is 20.8 Å². The molecule has 0 aliphatic carbocycles. The summed E-state index contributed by atoms with van der Waals surface area (Å²) in [5.74, 6) is 0. The zero-order valence-corrected chi connectivity index (χ0v) is 14.9. The van der Waals surface area contributed by atoms with E-state index in [4.69, 9.17) is 0 Å². The Hall–Kier alpha value is -0.920. The first kappa shape index (κ1) is 17.4. The third-order valence-corrected chi connectivity index (χ3v) is 6.09. The van der Waals surface area contributed by atoms with Crippen LogP contribution in [0.4, 0.5) is 0 Å². The van der Waals surface area contributed by atoms with Crippen LogP contribution in [0.1, 0.15) is 45.0 Å². The molecule has 1 aromatic rings. The second-order valence-electron chi connectivity index (χ2n) is 5.83. The van der Waals surface area contributed by atoms with Gasteiger partial charge in [0.1, 0.15) is 4.90 Å². The fraction of sp³-hybridized carbons (Fsp3) is 0.800. The third kappa shape index (κ3) is 3.36. The highest BCUT2D eigenvalue weighted by Gasteiger charge is 2.29. The number of sulfonamides is 1. The molecule has 2 heterocycles. The zero-order valence-electron chi connectivity index (χ0n) is 14.1. The molecule has 0 aromatic carbocycles. The van der Waals surface area contributed by atoms with Crippen molar-refractivity contribution in [1.29, 1.82) is 0 Å². The second-order valence-corrected chi connectivity index (χ2v) is 7.53. The van der Waals surface area contributed by atoms with Crippen LogP contribution in [-0.4, -0.2) is 48.8 Å². The van der Waals surface area contributed by atoms with E-state index >= 15 is 0 Å². The lowest BCUT2D eigenvalue weighted by Crippen LogP contribution is -2.40. The maximum atomic E-state index is 12.8. The summed E-state index contributed by atoms with van der Waals surface area (Å²) in [7, 11) is -1.69. The Labute approximate surface area is 133 Å². The fourth-order valence-corrected chi connectivity index (χ4v) is 4.99. The lowest BCUT2D eigenvalue weighted by atomic mass is 10.2. The molecule has 22 heavy (non-hydrogen) atoms. The van der Waals surface area contributed by atoms with Crippen molar-refractivity contribution in [3.8, 4) is 0 Å². The molecule has 0 saturated carbocycles. The van der Waals surface area contributed by atoms with Crippen LogP contribution < -0.4 is 4.72 Å². The van der Waals surface area contributed by atoms with Crippen molar-refractivity contribution in [1.82, 2.24) is 19.4 Å². The first-order valence-electron chi connectivity index (χ1n) is 8.23. The molecular formula is C15H28N4O2S. The largest absolute Gasteiger partial charge is 0.299 e. The Morgan fingerprint density at radius 2 is 2.00 bits per heavy atom. The van der Waals surface area contributed by atoms with Gasteiger partial charge in [-0.15, -0.1) is 0 Å². The van der Waals surface area contributed by atoms with Gasteiger partial charge in [0.15, 0.2) is 0 Å². The number of nitrogens with zero attached hydrogens (tertiary/aromatic N) is 3. The summed E-state index contributed by atoms with van der Waals surface area (Å²) in [4.78, 5) is 2.73. The Balaban J connectivity index is 2.20. The van der Waals surface area contributed by atoms with Crippen LogP contribution in [0.15, 0.2) is 4.90 Å². The average Bonchev–Trinajstić information content (AvgIpc) is 3.08. The van der Waals surface area contributed by atoms with E-state index in [-0.39, 0.29) is 0 Å². The van der Waals surface area contributed by atoms with Gasteiger partial charge in [0.25, 0.3) is 0 Å². The Bertz CT molecular complexity index is 609. The number of nitrogens with one attached hydrogen (secondary N) is 1. The van der Waals surface area contributed by atoms with Crippen LogP contribution >= 0.6 is 0 Å². The van der Waals surface area contributed by atoms with Gasteiger partial charge >= 0.3 is 0 Å². The molecule has 126 valence electrons. The van der Waals surface area contributed by atoms with Gasteiger partial charge in [0.05, 0.1) is 11.4 Å². The molecule has 1 unspecified atom stereocenters. The smallest absolute Gasteiger partial charge is 0.244 e. The number of hydrogen-bond acceptors (Lipinski definition) is 4. The van der Waals surface area contributed by atoms with Gasteiger partial charge in [-0.3, -0.25) is 9.58 Å². The third-order valence-electron chi connectivity index (χ3n) is 4.54. The zero-order chi connectivity index (χ0) is 16.3. The quantitative estimate of drug-likeness (QED) is 0.819. The van der Waals surface area contributed by atoms with Crippen LogP contribution in [-0.2, 0) is 29.9 Å². The molecular weight excluding hydrogens is 300 g/mol. The Morgan fingerprint density at radius 1 is 1.27 bits per heavy atom. The van der Waals surface area contributed by atoms with E-state index in [0.29, 0.717) is 36.0 Å². The lowest BCUT2D eigenvalue weighted by molar-refractivity contribution is 0.268. The van der Waals surface area contributed by atoms with E-state index in [1.165, 1.54) is 0 Å². The van der Waals surface area contributed by atoms with E-state index in [1.54, 1.807) is 4.68 Å². The maximum Gasteiger partial charge on any atom is 0.244 e. The molecule has 1 aromatic heterocycles. The lowest BCUT2D eigenvalue weighted by Gasteiger charge is -2.23. The number of aromatic nitrogens is 2. The summed E-state index contributed by atoms with van der Waals surface area (Å²) >= 11 is 0. The van der Waals surface area contributed by atoms with Crippen LogP contribution in [0, 0.1) is 0 Å². The Morgan fingerprint density at radius 3 is 2.59 bits per heavy atom. The highest BCUT2D eigenvalue weighted by atomic mass is 32.2. The number of likely N-dealkylation sites (N-methyl/N-ethyl adjacent to an activating group) is 1. The highest BCUT2D eigenvalue weighted by Crippen LogP contribution is 2.22. The van der Waals surface area contributed by atoms with Gasteiger partial charge in [-0.2, -0.15) is 5.10 Å². The monoisotopic (exact) mass is 328 g/mol. The van der Waals surface area contributed by atoms with E-state index < -0.39 is 10.0 Å². The normalized spacial score (nSPS) is 19.9. The van der Waals surface area contributed by atoms with Crippen molar-refractivity contribution in [3.05, 3.63) is 11.4 Å². The van der Waals surface area contributed by atoms with Gasteiger partial charge in [-0.05, 0) is 38.8 Å². The predicted octanol–water partition coefficient (Wildman–Crippen LogP) is 1.31. The number of aryl methyl sites for hydroxylation is 2. The molecule has 1 aliphatic rings. The van der Waals surface area contributed by atoms with Crippen molar-refractivity contribution in [3.63, 3.8) is 0 Å². The summed E-state index contributed by atoms with van der Waals surface area (Å²) < 4.78 is 30.1. The van der Waals surface area contributed by atoms with Gasteiger partial charge in [0.2, 0.25) is 10.0 Å². The van der Waals surface area contributed by atoms with Gasteiger partial charge < -0.3 is 0 Å². The molecule has 1 saturated heterocycles. The number of hydrogen-bond donors (Lipinski definition) is 1. The minimum Gasteiger partial charge on any atom is -0.299 e. The van der Waals surface area contributed by atoms with E-state index in [9.17, 15) is 8.42 Å². The van der Waals surface area contributed by atoms with Crippen LogP contribution in [0.3, 0.4) is 0 Å². The van der Waals surface area contributed by atoms with Gasteiger partial charge in [0, 0.05) is 19.6 Å². The molecule has 1 N–H and O–H groups in total. The molecule has 6 nitrogen and oxygen atoms in total.